The van der Waals surface area contributed by atoms with Crippen LogP contribution in [0.4, 0.5) is 11.4 Å². The van der Waals surface area contributed by atoms with E-state index in [1.54, 1.807) is 4.90 Å². The molecule has 0 aliphatic carbocycles. The average molecular weight is 224 g/mol. The summed E-state index contributed by atoms with van der Waals surface area (Å²) in [6.45, 7) is 1.52. The molecule has 0 bridgehead atoms. The molecule has 86 valence electrons. The lowest BCUT2D eigenvalue weighted by Gasteiger charge is -2.23. The van der Waals surface area contributed by atoms with E-state index < -0.39 is 16.8 Å². The van der Waals surface area contributed by atoms with Crippen LogP contribution in [0.2, 0.25) is 0 Å². The van der Waals surface area contributed by atoms with Crippen molar-refractivity contribution < 1.29 is 9.90 Å². The Bertz CT molecular complexity index is 487. The summed E-state index contributed by atoms with van der Waals surface area (Å²) in [4.78, 5) is 34.7. The normalized spacial score (nSPS) is 15.4. The highest BCUT2D eigenvalue weighted by atomic mass is 16.4. The fourth-order valence-corrected chi connectivity index (χ4v) is 1.89. The molecule has 1 aliphatic rings. The standard InChI is InChI=1S/C10H12N2O4/c13-6(14)2-5-12-4-1-3-11-7-8(12)10(16)9(7)15/h11H,1-5H2,(H,13,14). The van der Waals surface area contributed by atoms with E-state index in [9.17, 15) is 14.4 Å². The van der Waals surface area contributed by atoms with Crippen molar-refractivity contribution in [3.63, 3.8) is 0 Å². The molecule has 6 nitrogen and oxygen atoms in total. The molecule has 0 unspecified atom stereocenters. The maximum Gasteiger partial charge on any atom is 0.305 e. The Morgan fingerprint density at radius 2 is 2.12 bits per heavy atom. The molecule has 1 aromatic carbocycles. The zero-order chi connectivity index (χ0) is 11.7. The second-order valence-electron chi connectivity index (χ2n) is 3.79. The van der Waals surface area contributed by atoms with Crippen LogP contribution >= 0.6 is 0 Å². The van der Waals surface area contributed by atoms with E-state index in [0.29, 0.717) is 24.5 Å². The lowest BCUT2D eigenvalue weighted by atomic mass is 10.1. The van der Waals surface area contributed by atoms with Gasteiger partial charge in [0.25, 0.3) is 10.9 Å². The van der Waals surface area contributed by atoms with Gasteiger partial charge < -0.3 is 15.3 Å². The van der Waals surface area contributed by atoms with Crippen molar-refractivity contribution in [2.75, 3.05) is 29.9 Å². The molecule has 0 saturated heterocycles. The van der Waals surface area contributed by atoms with Crippen LogP contribution in [0, 0.1) is 0 Å². The predicted octanol–water partition coefficient (Wildman–Crippen LogP) is -0.621. The number of fused-ring (bicyclic) bond motifs is 1. The molecular formula is C10H12N2O4. The molecule has 6 heteroatoms. The molecule has 0 radical (unpaired) electrons. The summed E-state index contributed by atoms with van der Waals surface area (Å²) in [7, 11) is 0. The van der Waals surface area contributed by atoms with Gasteiger partial charge in [0, 0.05) is 19.6 Å². The van der Waals surface area contributed by atoms with E-state index in [4.69, 9.17) is 5.11 Å². The van der Waals surface area contributed by atoms with Gasteiger partial charge in [0.15, 0.2) is 0 Å². The molecule has 0 aromatic heterocycles. The summed E-state index contributed by atoms with van der Waals surface area (Å²) in [5, 5.41) is 11.5. The van der Waals surface area contributed by atoms with Crippen molar-refractivity contribution in [3.05, 3.63) is 20.4 Å². The predicted molar refractivity (Wildman–Crippen MR) is 58.9 cm³/mol. The van der Waals surface area contributed by atoms with E-state index in [1.165, 1.54) is 0 Å². The van der Waals surface area contributed by atoms with E-state index in [-0.39, 0.29) is 13.0 Å². The van der Waals surface area contributed by atoms with E-state index >= 15 is 0 Å². The Labute approximate surface area is 91.2 Å². The number of carbonyl (C=O) groups is 1. The van der Waals surface area contributed by atoms with Gasteiger partial charge in [0.1, 0.15) is 11.4 Å². The number of hydrogen-bond acceptors (Lipinski definition) is 5. The number of aliphatic carboxylic acids is 1. The highest BCUT2D eigenvalue weighted by Gasteiger charge is 2.27. The molecular weight excluding hydrogens is 212 g/mol. The number of nitrogens with one attached hydrogen (secondary N) is 1. The lowest BCUT2D eigenvalue weighted by molar-refractivity contribution is -0.136. The zero-order valence-electron chi connectivity index (χ0n) is 8.65. The van der Waals surface area contributed by atoms with E-state index in [1.807, 2.05) is 0 Å². The summed E-state index contributed by atoms with van der Waals surface area (Å²) >= 11 is 0. The minimum atomic E-state index is -0.905. The number of rotatable bonds is 3. The summed E-state index contributed by atoms with van der Waals surface area (Å²) < 4.78 is 0. The Balaban J connectivity index is 2.20. The number of nitrogens with zero attached hydrogens (tertiary/aromatic N) is 1. The largest absolute Gasteiger partial charge is 0.481 e. The molecule has 2 N–H and O–H groups in total. The van der Waals surface area contributed by atoms with Crippen molar-refractivity contribution in [2.45, 2.75) is 12.8 Å². The van der Waals surface area contributed by atoms with Gasteiger partial charge in [-0.1, -0.05) is 0 Å². The number of anilines is 2. The maximum absolute atomic E-state index is 11.4. The zero-order valence-corrected chi connectivity index (χ0v) is 8.65. The van der Waals surface area contributed by atoms with Gasteiger partial charge >= 0.3 is 5.97 Å². The lowest BCUT2D eigenvalue weighted by Crippen LogP contribution is -2.41. The van der Waals surface area contributed by atoms with Crippen molar-refractivity contribution in [2.24, 2.45) is 0 Å². The van der Waals surface area contributed by atoms with Crippen molar-refractivity contribution in [3.8, 4) is 0 Å². The van der Waals surface area contributed by atoms with Crippen LogP contribution in [-0.4, -0.2) is 30.7 Å². The van der Waals surface area contributed by atoms with Gasteiger partial charge in [-0.25, -0.2) is 0 Å². The SMILES string of the molecule is O=C(O)CCN1CCCNc2c1c(=O)c2=O. The van der Waals surface area contributed by atoms with Crippen molar-refractivity contribution in [1.82, 2.24) is 0 Å². The van der Waals surface area contributed by atoms with Gasteiger partial charge in [0.05, 0.1) is 6.42 Å². The molecule has 2 rings (SSSR count). The van der Waals surface area contributed by atoms with Crippen LogP contribution < -0.4 is 21.1 Å². The molecule has 0 fully saturated rings. The molecule has 16 heavy (non-hydrogen) atoms. The molecule has 1 aliphatic heterocycles. The van der Waals surface area contributed by atoms with Crippen LogP contribution in [0.1, 0.15) is 12.8 Å². The number of carboxylic acids is 1. The maximum atomic E-state index is 11.4. The highest BCUT2D eigenvalue weighted by molar-refractivity contribution is 5.76. The fraction of sp³-hybridized carbons (Fsp3) is 0.500. The smallest absolute Gasteiger partial charge is 0.305 e. The Morgan fingerprint density at radius 3 is 2.81 bits per heavy atom. The Kier molecular flexibility index (Phi) is 2.64. The monoisotopic (exact) mass is 224 g/mol. The third-order valence-electron chi connectivity index (χ3n) is 2.70. The average Bonchev–Trinajstić information content (AvgIpc) is 2.45. The second-order valence-corrected chi connectivity index (χ2v) is 3.79. The van der Waals surface area contributed by atoms with Crippen LogP contribution in [0.5, 0.6) is 0 Å². The summed E-state index contributed by atoms with van der Waals surface area (Å²) in [5.74, 6) is -0.905. The van der Waals surface area contributed by atoms with Gasteiger partial charge in [-0.05, 0) is 6.42 Å². The molecule has 1 aromatic rings. The number of carboxylic acid groups (broad SMARTS) is 1. The van der Waals surface area contributed by atoms with E-state index in [0.717, 1.165) is 6.42 Å². The topological polar surface area (TPSA) is 86.7 Å². The van der Waals surface area contributed by atoms with Crippen LogP contribution in [0.25, 0.3) is 0 Å². The Morgan fingerprint density at radius 1 is 1.38 bits per heavy atom. The van der Waals surface area contributed by atoms with Gasteiger partial charge in [0.2, 0.25) is 0 Å². The molecule has 0 amide bonds. The van der Waals surface area contributed by atoms with Crippen LogP contribution in [-0.2, 0) is 4.79 Å². The molecule has 0 spiro atoms. The second kappa shape index (κ2) is 3.96. The first-order valence-electron chi connectivity index (χ1n) is 5.15. The third kappa shape index (κ3) is 1.66. The summed E-state index contributed by atoms with van der Waals surface area (Å²) in [6, 6.07) is 0. The van der Waals surface area contributed by atoms with Crippen molar-refractivity contribution >= 4 is 17.3 Å². The minimum Gasteiger partial charge on any atom is -0.481 e. The summed E-state index contributed by atoms with van der Waals surface area (Å²) in [6.07, 6.45) is 0.755. The first-order chi connectivity index (χ1) is 7.61. The van der Waals surface area contributed by atoms with Crippen LogP contribution in [0.15, 0.2) is 9.59 Å². The van der Waals surface area contributed by atoms with Gasteiger partial charge in [-0.3, -0.25) is 14.4 Å². The first-order valence-corrected chi connectivity index (χ1v) is 5.15. The molecule has 1 heterocycles. The molecule has 0 atom stereocenters. The fourth-order valence-electron chi connectivity index (χ4n) is 1.89. The first kappa shape index (κ1) is 10.7. The van der Waals surface area contributed by atoms with Crippen LogP contribution in [0.3, 0.4) is 0 Å². The minimum absolute atomic E-state index is 0.0295. The summed E-state index contributed by atoms with van der Waals surface area (Å²) in [5.41, 5.74) is -0.274. The third-order valence-corrected chi connectivity index (χ3v) is 2.70. The van der Waals surface area contributed by atoms with E-state index in [2.05, 4.69) is 5.32 Å². The van der Waals surface area contributed by atoms with Gasteiger partial charge in [-0.15, -0.1) is 0 Å². The Hall–Kier alpha value is -1.85. The highest BCUT2D eigenvalue weighted by Crippen LogP contribution is 2.22. The number of hydrogen-bond donors (Lipinski definition) is 2. The van der Waals surface area contributed by atoms with Crippen molar-refractivity contribution in [1.29, 1.82) is 0 Å². The quantitative estimate of drug-likeness (QED) is 0.665. The van der Waals surface area contributed by atoms with Gasteiger partial charge in [-0.2, -0.15) is 0 Å². The molecule has 0 saturated carbocycles.